The molecule has 2 unspecified atom stereocenters. The van der Waals surface area contributed by atoms with E-state index < -0.39 is 22.0 Å². The Balaban J connectivity index is 2.68. The fourth-order valence-corrected chi connectivity index (χ4v) is 2.93. The number of nitrogens with one attached hydrogen (secondary N) is 2. The lowest BCUT2D eigenvalue weighted by Gasteiger charge is -2.19. The van der Waals surface area contributed by atoms with Crippen LogP contribution in [0, 0.1) is 0 Å². The first-order chi connectivity index (χ1) is 11.1. The lowest BCUT2D eigenvalue weighted by atomic mass is 10.2. The maximum absolute atomic E-state index is 12.3. The topological polar surface area (TPSA) is 125 Å². The van der Waals surface area contributed by atoms with E-state index in [9.17, 15) is 13.2 Å². The second kappa shape index (κ2) is 8.97. The predicted molar refractivity (Wildman–Crippen MR) is 93.5 cm³/mol. The Bertz CT molecular complexity index is 649. The SMILES string of the molecule is CC(CCNS(=O)(=O)c1cccc(NCC(N)C(=O)O)c1)N(C)C. The van der Waals surface area contributed by atoms with E-state index in [1.54, 1.807) is 12.1 Å². The first-order valence-electron chi connectivity index (χ1n) is 7.62. The highest BCUT2D eigenvalue weighted by Gasteiger charge is 2.16. The molecule has 0 heterocycles. The van der Waals surface area contributed by atoms with Gasteiger partial charge in [-0.1, -0.05) is 6.07 Å². The zero-order chi connectivity index (χ0) is 18.3. The van der Waals surface area contributed by atoms with Crippen LogP contribution in [0.25, 0.3) is 0 Å². The third kappa shape index (κ3) is 6.44. The molecule has 24 heavy (non-hydrogen) atoms. The van der Waals surface area contributed by atoms with Gasteiger partial charge in [-0.3, -0.25) is 4.79 Å². The zero-order valence-electron chi connectivity index (χ0n) is 14.2. The summed E-state index contributed by atoms with van der Waals surface area (Å²) in [6.07, 6.45) is 0.692. The van der Waals surface area contributed by atoms with E-state index in [-0.39, 0.29) is 17.5 Å². The van der Waals surface area contributed by atoms with E-state index in [2.05, 4.69) is 10.0 Å². The highest BCUT2D eigenvalue weighted by atomic mass is 32.2. The molecular formula is C15H26N4O4S. The van der Waals surface area contributed by atoms with E-state index in [0.29, 0.717) is 18.7 Å². The summed E-state index contributed by atoms with van der Waals surface area (Å²) < 4.78 is 27.2. The van der Waals surface area contributed by atoms with Gasteiger partial charge in [0.25, 0.3) is 0 Å². The van der Waals surface area contributed by atoms with Crippen LogP contribution in [-0.2, 0) is 14.8 Å². The van der Waals surface area contributed by atoms with E-state index >= 15 is 0 Å². The normalized spacial score (nSPS) is 14.4. The summed E-state index contributed by atoms with van der Waals surface area (Å²) in [5.74, 6) is -1.12. The van der Waals surface area contributed by atoms with Gasteiger partial charge in [0.15, 0.2) is 0 Å². The molecule has 9 heteroatoms. The lowest BCUT2D eigenvalue weighted by Crippen LogP contribution is -2.37. The van der Waals surface area contributed by atoms with Gasteiger partial charge in [0.2, 0.25) is 10.0 Å². The molecule has 5 N–H and O–H groups in total. The number of hydrogen-bond acceptors (Lipinski definition) is 6. The van der Waals surface area contributed by atoms with Crippen molar-refractivity contribution in [2.75, 3.05) is 32.5 Å². The number of carboxylic acids is 1. The van der Waals surface area contributed by atoms with E-state index in [0.717, 1.165) is 0 Å². The van der Waals surface area contributed by atoms with Crippen molar-refractivity contribution >= 4 is 21.7 Å². The van der Waals surface area contributed by atoms with Crippen molar-refractivity contribution in [3.63, 3.8) is 0 Å². The Kier molecular flexibility index (Phi) is 7.61. The average Bonchev–Trinajstić information content (AvgIpc) is 2.52. The van der Waals surface area contributed by atoms with Crippen molar-refractivity contribution in [2.24, 2.45) is 5.73 Å². The third-order valence-corrected chi connectivity index (χ3v) is 5.18. The van der Waals surface area contributed by atoms with Gasteiger partial charge in [0, 0.05) is 24.8 Å². The van der Waals surface area contributed by atoms with Gasteiger partial charge in [-0.05, 0) is 45.6 Å². The third-order valence-electron chi connectivity index (χ3n) is 3.72. The second-order valence-corrected chi connectivity index (χ2v) is 7.62. The monoisotopic (exact) mass is 358 g/mol. The van der Waals surface area contributed by atoms with E-state index in [4.69, 9.17) is 10.8 Å². The smallest absolute Gasteiger partial charge is 0.322 e. The van der Waals surface area contributed by atoms with Gasteiger partial charge in [-0.15, -0.1) is 0 Å². The number of carbonyl (C=O) groups is 1. The molecular weight excluding hydrogens is 332 g/mol. The molecule has 8 nitrogen and oxygen atoms in total. The fourth-order valence-electron chi connectivity index (χ4n) is 1.83. The van der Waals surface area contributed by atoms with Crippen LogP contribution in [0.15, 0.2) is 29.2 Å². The summed E-state index contributed by atoms with van der Waals surface area (Å²) in [6.45, 7) is 2.36. The number of nitrogens with two attached hydrogens (primary N) is 1. The predicted octanol–water partition coefficient (Wildman–Crippen LogP) is 0.129. The Morgan fingerprint density at radius 1 is 1.38 bits per heavy atom. The number of benzene rings is 1. The highest BCUT2D eigenvalue weighted by molar-refractivity contribution is 7.89. The van der Waals surface area contributed by atoms with Crippen molar-refractivity contribution in [3.05, 3.63) is 24.3 Å². The molecule has 2 atom stereocenters. The highest BCUT2D eigenvalue weighted by Crippen LogP contribution is 2.15. The van der Waals surface area contributed by atoms with Crippen molar-refractivity contribution in [1.82, 2.24) is 9.62 Å². The van der Waals surface area contributed by atoms with Crippen LogP contribution in [0.3, 0.4) is 0 Å². The molecule has 0 radical (unpaired) electrons. The molecule has 0 bridgehead atoms. The molecule has 0 amide bonds. The van der Waals surface area contributed by atoms with Crippen LogP contribution in [0.4, 0.5) is 5.69 Å². The summed E-state index contributed by atoms with van der Waals surface area (Å²) in [5, 5.41) is 11.6. The Morgan fingerprint density at radius 3 is 2.62 bits per heavy atom. The van der Waals surface area contributed by atoms with Crippen molar-refractivity contribution in [3.8, 4) is 0 Å². The number of carboxylic acid groups (broad SMARTS) is 1. The molecule has 0 aliphatic rings. The molecule has 136 valence electrons. The molecule has 0 spiro atoms. The summed E-state index contributed by atoms with van der Waals surface area (Å²) in [7, 11) is 0.266. The minimum Gasteiger partial charge on any atom is -0.480 e. The Hall–Kier alpha value is -1.68. The first kappa shape index (κ1) is 20.4. The van der Waals surface area contributed by atoms with Crippen LogP contribution >= 0.6 is 0 Å². The Morgan fingerprint density at radius 2 is 2.04 bits per heavy atom. The van der Waals surface area contributed by atoms with Crippen LogP contribution in [-0.4, -0.2) is 63.7 Å². The van der Waals surface area contributed by atoms with Crippen LogP contribution in [0.2, 0.25) is 0 Å². The maximum atomic E-state index is 12.3. The first-order valence-corrected chi connectivity index (χ1v) is 9.10. The number of sulfonamides is 1. The molecule has 0 saturated carbocycles. The van der Waals surface area contributed by atoms with Gasteiger partial charge in [-0.25, -0.2) is 13.1 Å². The van der Waals surface area contributed by atoms with Gasteiger partial charge < -0.3 is 21.1 Å². The molecule has 0 fully saturated rings. The summed E-state index contributed by atoms with van der Waals surface area (Å²) >= 11 is 0. The lowest BCUT2D eigenvalue weighted by molar-refractivity contribution is -0.138. The fraction of sp³-hybridized carbons (Fsp3) is 0.533. The molecule has 1 aromatic rings. The van der Waals surface area contributed by atoms with Crippen molar-refractivity contribution in [1.29, 1.82) is 0 Å². The second-order valence-electron chi connectivity index (χ2n) is 5.85. The molecule has 0 aromatic heterocycles. The zero-order valence-corrected chi connectivity index (χ0v) is 15.0. The number of anilines is 1. The van der Waals surface area contributed by atoms with Gasteiger partial charge in [0.1, 0.15) is 6.04 Å². The number of hydrogen-bond donors (Lipinski definition) is 4. The number of rotatable bonds is 10. The minimum absolute atomic E-state index is 0.00656. The largest absolute Gasteiger partial charge is 0.480 e. The number of nitrogens with zero attached hydrogens (tertiary/aromatic N) is 1. The summed E-state index contributed by atoms with van der Waals surface area (Å²) in [6, 6.07) is 5.38. The Labute approximate surface area is 143 Å². The molecule has 0 aliphatic heterocycles. The quantitative estimate of drug-likeness (QED) is 0.468. The number of aliphatic carboxylic acids is 1. The maximum Gasteiger partial charge on any atom is 0.322 e. The molecule has 1 aromatic carbocycles. The standard InChI is InChI=1S/C15H26N4O4S/c1-11(19(2)3)7-8-18-24(22,23)13-6-4-5-12(9-13)17-10-14(16)15(20)21/h4-6,9,11,14,17-18H,7-8,10,16H2,1-3H3,(H,20,21). The van der Waals surface area contributed by atoms with Crippen molar-refractivity contribution in [2.45, 2.75) is 30.3 Å². The minimum atomic E-state index is -3.62. The summed E-state index contributed by atoms with van der Waals surface area (Å²) in [4.78, 5) is 12.8. The molecule has 0 aliphatic carbocycles. The van der Waals surface area contributed by atoms with Gasteiger partial charge >= 0.3 is 5.97 Å². The van der Waals surface area contributed by atoms with Crippen LogP contribution in [0.1, 0.15) is 13.3 Å². The van der Waals surface area contributed by atoms with E-state index in [1.807, 2.05) is 25.9 Å². The van der Waals surface area contributed by atoms with Crippen molar-refractivity contribution < 1.29 is 18.3 Å². The summed E-state index contributed by atoms with van der Waals surface area (Å²) in [5.41, 5.74) is 5.91. The molecule has 0 saturated heterocycles. The average molecular weight is 358 g/mol. The molecule has 1 rings (SSSR count). The van der Waals surface area contributed by atoms with Crippen LogP contribution < -0.4 is 15.8 Å². The van der Waals surface area contributed by atoms with E-state index in [1.165, 1.54) is 12.1 Å². The van der Waals surface area contributed by atoms with Gasteiger partial charge in [-0.2, -0.15) is 0 Å². The van der Waals surface area contributed by atoms with Gasteiger partial charge in [0.05, 0.1) is 4.90 Å². The van der Waals surface area contributed by atoms with Crippen LogP contribution in [0.5, 0.6) is 0 Å².